The van der Waals surface area contributed by atoms with E-state index in [1.807, 2.05) is 4.90 Å². The van der Waals surface area contributed by atoms with Crippen LogP contribution in [0.5, 0.6) is 5.75 Å². The van der Waals surface area contributed by atoms with Crippen LogP contribution in [0.2, 0.25) is 0 Å². The molecule has 7 nitrogen and oxygen atoms in total. The summed E-state index contributed by atoms with van der Waals surface area (Å²) in [5, 5.41) is 9.48. The fourth-order valence-electron chi connectivity index (χ4n) is 4.24. The second kappa shape index (κ2) is 7.67. The maximum Gasteiger partial charge on any atom is 0.341 e. The summed E-state index contributed by atoms with van der Waals surface area (Å²) in [5.41, 5.74) is -0.182. The Morgan fingerprint density at radius 3 is 2.52 bits per heavy atom. The van der Waals surface area contributed by atoms with Crippen molar-refractivity contribution >= 4 is 22.6 Å². The van der Waals surface area contributed by atoms with Crippen molar-refractivity contribution in [3.63, 3.8) is 0 Å². The molecule has 0 bridgehead atoms. The number of anilines is 1. The van der Waals surface area contributed by atoms with Crippen LogP contribution in [-0.4, -0.2) is 60.4 Å². The van der Waals surface area contributed by atoms with Crippen LogP contribution in [0.25, 0.3) is 10.9 Å². The van der Waals surface area contributed by atoms with Crippen molar-refractivity contribution in [3.05, 3.63) is 33.9 Å². The van der Waals surface area contributed by atoms with E-state index in [0.29, 0.717) is 30.0 Å². The standard InChI is InChI=1S/C21H26FN3O4/c1-3-6-23-7-9-24(10-8-23)18-16(22)11-14-17(20(18)29-2)25(13-4-5-13)12-15(19(14)26)21(27)28/h11-13H,3-10H2,1-2H3,(H,27,28). The lowest BCUT2D eigenvalue weighted by Gasteiger charge is -2.37. The minimum Gasteiger partial charge on any atom is -0.492 e. The van der Waals surface area contributed by atoms with Crippen LogP contribution >= 0.6 is 0 Å². The molecule has 2 heterocycles. The molecule has 0 unspecified atom stereocenters. The smallest absolute Gasteiger partial charge is 0.341 e. The lowest BCUT2D eigenvalue weighted by molar-refractivity contribution is 0.0695. The van der Waals surface area contributed by atoms with Gasteiger partial charge >= 0.3 is 5.97 Å². The molecule has 1 aliphatic carbocycles. The van der Waals surface area contributed by atoms with Gasteiger partial charge in [-0.2, -0.15) is 0 Å². The molecule has 1 N–H and O–H groups in total. The van der Waals surface area contributed by atoms with Crippen LogP contribution in [0.15, 0.2) is 17.1 Å². The van der Waals surface area contributed by atoms with Crippen LogP contribution in [0.4, 0.5) is 10.1 Å². The summed E-state index contributed by atoms with van der Waals surface area (Å²) >= 11 is 0. The number of rotatable bonds is 6. The zero-order valence-corrected chi connectivity index (χ0v) is 16.8. The molecule has 1 aliphatic heterocycles. The van der Waals surface area contributed by atoms with Crippen molar-refractivity contribution in [2.75, 3.05) is 44.7 Å². The molecular weight excluding hydrogens is 377 g/mol. The molecule has 1 saturated heterocycles. The first kappa shape index (κ1) is 19.7. The average Bonchev–Trinajstić information content (AvgIpc) is 3.54. The van der Waals surface area contributed by atoms with Crippen molar-refractivity contribution in [2.45, 2.75) is 32.2 Å². The van der Waals surface area contributed by atoms with E-state index in [1.165, 1.54) is 19.4 Å². The monoisotopic (exact) mass is 403 g/mol. The highest BCUT2D eigenvalue weighted by Gasteiger charge is 2.32. The van der Waals surface area contributed by atoms with Crippen molar-refractivity contribution in [3.8, 4) is 5.75 Å². The lowest BCUT2D eigenvalue weighted by Crippen LogP contribution is -2.47. The predicted octanol–water partition coefficient (Wildman–Crippen LogP) is 2.71. The van der Waals surface area contributed by atoms with E-state index in [9.17, 15) is 14.7 Å². The zero-order valence-electron chi connectivity index (χ0n) is 16.8. The Kier molecular flexibility index (Phi) is 5.21. The third kappa shape index (κ3) is 3.46. The number of ether oxygens (including phenoxy) is 1. The van der Waals surface area contributed by atoms with Gasteiger partial charge in [0.25, 0.3) is 0 Å². The van der Waals surface area contributed by atoms with Gasteiger partial charge in [0.2, 0.25) is 5.43 Å². The van der Waals surface area contributed by atoms with Gasteiger partial charge in [-0.25, -0.2) is 9.18 Å². The highest BCUT2D eigenvalue weighted by molar-refractivity contribution is 5.97. The van der Waals surface area contributed by atoms with Gasteiger partial charge in [0, 0.05) is 38.4 Å². The van der Waals surface area contributed by atoms with E-state index in [4.69, 9.17) is 4.74 Å². The number of aromatic carboxylic acids is 1. The normalized spacial score (nSPS) is 17.7. The molecule has 2 aliphatic rings. The van der Waals surface area contributed by atoms with Crippen LogP contribution < -0.4 is 15.1 Å². The topological polar surface area (TPSA) is 75.0 Å². The Morgan fingerprint density at radius 2 is 1.97 bits per heavy atom. The number of fused-ring (bicyclic) bond motifs is 1. The van der Waals surface area contributed by atoms with Gasteiger partial charge in [-0.15, -0.1) is 0 Å². The Balaban J connectivity index is 1.88. The minimum atomic E-state index is -1.30. The maximum atomic E-state index is 15.2. The number of aromatic nitrogens is 1. The summed E-state index contributed by atoms with van der Waals surface area (Å²) in [4.78, 5) is 28.6. The molecule has 4 rings (SSSR count). The summed E-state index contributed by atoms with van der Waals surface area (Å²) in [6.45, 7) is 6.16. The molecule has 1 saturated carbocycles. The maximum absolute atomic E-state index is 15.2. The van der Waals surface area contributed by atoms with Gasteiger partial charge in [0.1, 0.15) is 11.3 Å². The Labute approximate surface area is 168 Å². The first-order chi connectivity index (χ1) is 14.0. The molecule has 0 spiro atoms. The molecule has 29 heavy (non-hydrogen) atoms. The first-order valence-corrected chi connectivity index (χ1v) is 10.1. The van der Waals surface area contributed by atoms with Gasteiger partial charge in [-0.05, 0) is 31.9 Å². The first-order valence-electron chi connectivity index (χ1n) is 10.1. The Bertz CT molecular complexity index is 1010. The molecular formula is C21H26FN3O4. The van der Waals surface area contributed by atoms with Gasteiger partial charge in [-0.3, -0.25) is 9.69 Å². The predicted molar refractivity (Wildman–Crippen MR) is 109 cm³/mol. The van der Waals surface area contributed by atoms with Crippen molar-refractivity contribution in [1.29, 1.82) is 0 Å². The van der Waals surface area contributed by atoms with Crippen LogP contribution in [0, 0.1) is 5.82 Å². The summed E-state index contributed by atoms with van der Waals surface area (Å²) in [7, 11) is 1.47. The summed E-state index contributed by atoms with van der Waals surface area (Å²) in [6.07, 6.45) is 4.24. The van der Waals surface area contributed by atoms with Gasteiger partial charge < -0.3 is 19.3 Å². The third-order valence-corrected chi connectivity index (χ3v) is 5.80. The van der Waals surface area contributed by atoms with Gasteiger partial charge in [0.05, 0.1) is 18.0 Å². The fraction of sp³-hybridized carbons (Fsp3) is 0.524. The second-order valence-electron chi connectivity index (χ2n) is 7.78. The lowest BCUT2D eigenvalue weighted by atomic mass is 10.1. The number of carboxylic acid groups (broad SMARTS) is 1. The van der Waals surface area contributed by atoms with Gasteiger partial charge in [0.15, 0.2) is 11.6 Å². The van der Waals surface area contributed by atoms with E-state index in [-0.39, 0.29) is 17.0 Å². The zero-order chi connectivity index (χ0) is 20.7. The van der Waals surface area contributed by atoms with E-state index < -0.39 is 17.2 Å². The minimum absolute atomic E-state index is 0.0551. The summed E-state index contributed by atoms with van der Waals surface area (Å²) in [5.74, 6) is -1.55. The van der Waals surface area contributed by atoms with Crippen LogP contribution in [0.1, 0.15) is 42.6 Å². The van der Waals surface area contributed by atoms with E-state index in [2.05, 4.69) is 11.8 Å². The number of carbonyl (C=O) groups is 1. The molecule has 1 aromatic carbocycles. The van der Waals surface area contributed by atoms with E-state index in [1.54, 1.807) is 4.57 Å². The highest BCUT2D eigenvalue weighted by atomic mass is 19.1. The number of hydrogen-bond acceptors (Lipinski definition) is 5. The fourth-order valence-corrected chi connectivity index (χ4v) is 4.24. The molecule has 2 aromatic rings. The molecule has 8 heteroatoms. The number of pyridine rings is 1. The summed E-state index contributed by atoms with van der Waals surface area (Å²) < 4.78 is 22.7. The molecule has 156 valence electrons. The Morgan fingerprint density at radius 1 is 1.28 bits per heavy atom. The average molecular weight is 403 g/mol. The quantitative estimate of drug-likeness (QED) is 0.799. The number of benzene rings is 1. The number of hydrogen-bond donors (Lipinski definition) is 1. The molecule has 0 atom stereocenters. The number of methoxy groups -OCH3 is 1. The van der Waals surface area contributed by atoms with Crippen molar-refractivity contribution in [1.82, 2.24) is 9.47 Å². The number of nitrogens with zero attached hydrogens (tertiary/aromatic N) is 3. The SMILES string of the molecule is CCCN1CCN(c2c(F)cc3c(=O)c(C(=O)O)cn(C4CC4)c3c2OC)CC1. The summed E-state index contributed by atoms with van der Waals surface area (Å²) in [6, 6.07) is 1.28. The van der Waals surface area contributed by atoms with Crippen molar-refractivity contribution < 1.29 is 19.0 Å². The number of halogens is 1. The van der Waals surface area contributed by atoms with Crippen LogP contribution in [-0.2, 0) is 0 Å². The van der Waals surface area contributed by atoms with Crippen molar-refractivity contribution in [2.24, 2.45) is 0 Å². The molecule has 1 aromatic heterocycles. The molecule has 2 fully saturated rings. The highest BCUT2D eigenvalue weighted by Crippen LogP contribution is 2.43. The number of piperazine rings is 1. The molecule has 0 amide bonds. The van der Waals surface area contributed by atoms with E-state index >= 15 is 4.39 Å². The third-order valence-electron chi connectivity index (χ3n) is 5.80. The van der Waals surface area contributed by atoms with Gasteiger partial charge in [-0.1, -0.05) is 6.92 Å². The molecule has 0 radical (unpaired) electrons. The Hall–Kier alpha value is -2.61. The van der Waals surface area contributed by atoms with Crippen LogP contribution in [0.3, 0.4) is 0 Å². The van der Waals surface area contributed by atoms with E-state index in [0.717, 1.165) is 38.9 Å². The largest absolute Gasteiger partial charge is 0.492 e. The number of carboxylic acids is 1. The second-order valence-corrected chi connectivity index (χ2v) is 7.78.